The minimum Gasteiger partial charge on any atom is -0.480 e. The van der Waals surface area contributed by atoms with Crippen LogP contribution in [0.25, 0.3) is 0 Å². The average Bonchev–Trinajstić information content (AvgIpc) is 2.26. The number of carbonyl (C=O) groups excluding carboxylic acids is 1. The van der Waals surface area contributed by atoms with Crippen molar-refractivity contribution in [2.45, 2.75) is 32.7 Å². The van der Waals surface area contributed by atoms with Crippen molar-refractivity contribution in [2.75, 3.05) is 0 Å². The first-order valence-electron chi connectivity index (χ1n) is 5.75. The zero-order chi connectivity index (χ0) is 13.7. The molecule has 98 valence electrons. The number of carbonyl (C=O) groups is 2. The molecule has 5 heteroatoms. The smallest absolute Gasteiger partial charge is 0.326 e. The van der Waals surface area contributed by atoms with Gasteiger partial charge in [-0.15, -0.1) is 0 Å². The molecule has 2 N–H and O–H groups in total. The van der Waals surface area contributed by atoms with Crippen molar-refractivity contribution >= 4 is 11.9 Å². The predicted octanol–water partition coefficient (Wildman–Crippen LogP) is 2.12. The lowest BCUT2D eigenvalue weighted by Gasteiger charge is -2.13. The molecule has 0 aliphatic carbocycles. The van der Waals surface area contributed by atoms with Crippen LogP contribution in [-0.2, 0) is 4.79 Å². The number of amides is 1. The van der Waals surface area contributed by atoms with Crippen LogP contribution < -0.4 is 5.32 Å². The molecule has 0 spiro atoms. The van der Waals surface area contributed by atoms with Gasteiger partial charge >= 0.3 is 5.97 Å². The molecule has 0 radical (unpaired) electrons. The van der Waals surface area contributed by atoms with E-state index in [2.05, 4.69) is 5.32 Å². The van der Waals surface area contributed by atoms with Crippen LogP contribution in [0, 0.1) is 12.7 Å². The van der Waals surface area contributed by atoms with E-state index >= 15 is 0 Å². The van der Waals surface area contributed by atoms with Gasteiger partial charge < -0.3 is 10.4 Å². The highest BCUT2D eigenvalue weighted by Crippen LogP contribution is 2.09. The second-order valence-corrected chi connectivity index (χ2v) is 4.17. The summed E-state index contributed by atoms with van der Waals surface area (Å²) in [6.07, 6.45) is 0.981. The average molecular weight is 253 g/mol. The molecule has 1 amide bonds. The van der Waals surface area contributed by atoms with Gasteiger partial charge in [-0.25, -0.2) is 9.18 Å². The number of hydrogen-bond donors (Lipinski definition) is 2. The molecule has 0 aliphatic rings. The minimum atomic E-state index is -1.08. The summed E-state index contributed by atoms with van der Waals surface area (Å²) >= 11 is 0. The summed E-state index contributed by atoms with van der Waals surface area (Å²) in [6, 6.07) is 2.97. The number of rotatable bonds is 5. The molecule has 0 saturated carbocycles. The summed E-state index contributed by atoms with van der Waals surface area (Å²) in [5.74, 6) is -2.17. The molecule has 0 unspecified atom stereocenters. The van der Waals surface area contributed by atoms with Crippen LogP contribution in [0.5, 0.6) is 0 Å². The number of aryl methyl sites for hydroxylation is 1. The maximum absolute atomic E-state index is 13.1. The molecule has 18 heavy (non-hydrogen) atoms. The molecule has 0 aliphatic heterocycles. The van der Waals surface area contributed by atoms with Crippen LogP contribution >= 0.6 is 0 Å². The quantitative estimate of drug-likeness (QED) is 0.844. The molecule has 1 aromatic carbocycles. The number of nitrogens with one attached hydrogen (secondary N) is 1. The van der Waals surface area contributed by atoms with Crippen molar-refractivity contribution < 1.29 is 19.1 Å². The highest BCUT2D eigenvalue weighted by molar-refractivity contribution is 5.96. The van der Waals surface area contributed by atoms with Crippen molar-refractivity contribution in [1.29, 1.82) is 0 Å². The van der Waals surface area contributed by atoms with Crippen LogP contribution in [0.15, 0.2) is 18.2 Å². The van der Waals surface area contributed by atoms with E-state index in [1.54, 1.807) is 6.92 Å². The zero-order valence-electron chi connectivity index (χ0n) is 10.4. The summed E-state index contributed by atoms with van der Waals surface area (Å²) in [4.78, 5) is 22.7. The van der Waals surface area contributed by atoms with Gasteiger partial charge in [0.15, 0.2) is 0 Å². The normalized spacial score (nSPS) is 11.9. The van der Waals surface area contributed by atoms with Crippen molar-refractivity contribution in [3.05, 3.63) is 35.1 Å². The Balaban J connectivity index is 2.83. The Bertz CT molecular complexity index is 439. The Labute approximate surface area is 105 Å². The van der Waals surface area contributed by atoms with Crippen molar-refractivity contribution in [3.63, 3.8) is 0 Å². The maximum atomic E-state index is 13.1. The number of hydrogen-bond acceptors (Lipinski definition) is 2. The SMILES string of the molecule is CCC[C@@H](NC(=O)c1cc(C)cc(F)c1)C(=O)O. The lowest BCUT2D eigenvalue weighted by molar-refractivity contribution is -0.139. The van der Waals surface area contributed by atoms with Gasteiger partial charge in [-0.1, -0.05) is 13.3 Å². The van der Waals surface area contributed by atoms with E-state index in [-0.39, 0.29) is 5.56 Å². The Morgan fingerprint density at radius 2 is 2.06 bits per heavy atom. The highest BCUT2D eigenvalue weighted by Gasteiger charge is 2.19. The predicted molar refractivity (Wildman–Crippen MR) is 64.9 cm³/mol. The molecule has 0 aromatic heterocycles. The fourth-order valence-electron chi connectivity index (χ4n) is 1.66. The second kappa shape index (κ2) is 6.14. The van der Waals surface area contributed by atoms with E-state index < -0.39 is 23.7 Å². The molecule has 1 aromatic rings. The third-order valence-corrected chi connectivity index (χ3v) is 2.49. The number of benzene rings is 1. The molecule has 1 atom stereocenters. The van der Waals surface area contributed by atoms with Crippen LogP contribution in [-0.4, -0.2) is 23.0 Å². The first kappa shape index (κ1) is 14.2. The monoisotopic (exact) mass is 253 g/mol. The molecule has 0 bridgehead atoms. The number of halogens is 1. The Hall–Kier alpha value is -1.91. The topological polar surface area (TPSA) is 66.4 Å². The van der Waals surface area contributed by atoms with Gasteiger partial charge in [-0.3, -0.25) is 4.79 Å². The first-order chi connectivity index (χ1) is 8.43. The highest BCUT2D eigenvalue weighted by atomic mass is 19.1. The van der Waals surface area contributed by atoms with Gasteiger partial charge in [-0.2, -0.15) is 0 Å². The van der Waals surface area contributed by atoms with Crippen molar-refractivity contribution in [3.8, 4) is 0 Å². The van der Waals surface area contributed by atoms with Crippen molar-refractivity contribution in [1.82, 2.24) is 5.32 Å². The first-order valence-corrected chi connectivity index (χ1v) is 5.75. The van der Waals surface area contributed by atoms with Gasteiger partial charge in [0.05, 0.1) is 0 Å². The third kappa shape index (κ3) is 3.84. The molecule has 0 heterocycles. The summed E-state index contributed by atoms with van der Waals surface area (Å²) < 4.78 is 13.1. The molecular formula is C13H16FNO3. The summed E-state index contributed by atoms with van der Waals surface area (Å²) in [7, 11) is 0. The fraction of sp³-hybridized carbons (Fsp3) is 0.385. The Kier molecular flexibility index (Phi) is 4.83. The van der Waals surface area contributed by atoms with Crippen LogP contribution in [0.4, 0.5) is 4.39 Å². The number of carboxylic acid groups (broad SMARTS) is 1. The minimum absolute atomic E-state index is 0.134. The van der Waals surface area contributed by atoms with Crippen LogP contribution in [0.3, 0.4) is 0 Å². The molecular weight excluding hydrogens is 237 g/mol. The van der Waals surface area contributed by atoms with Gasteiger partial charge in [0.1, 0.15) is 11.9 Å². The molecule has 1 rings (SSSR count). The van der Waals surface area contributed by atoms with Gasteiger partial charge in [0.25, 0.3) is 5.91 Å². The fourth-order valence-corrected chi connectivity index (χ4v) is 1.66. The van der Waals surface area contributed by atoms with E-state index in [0.29, 0.717) is 18.4 Å². The molecule has 0 fully saturated rings. The van der Waals surface area contributed by atoms with Crippen LogP contribution in [0.1, 0.15) is 35.7 Å². The van der Waals surface area contributed by atoms with E-state index in [4.69, 9.17) is 5.11 Å². The Morgan fingerprint density at radius 3 is 2.56 bits per heavy atom. The lowest BCUT2D eigenvalue weighted by Crippen LogP contribution is -2.40. The zero-order valence-corrected chi connectivity index (χ0v) is 10.4. The van der Waals surface area contributed by atoms with E-state index in [9.17, 15) is 14.0 Å². The van der Waals surface area contributed by atoms with E-state index in [1.165, 1.54) is 12.1 Å². The van der Waals surface area contributed by atoms with Gasteiger partial charge in [0, 0.05) is 5.56 Å². The van der Waals surface area contributed by atoms with Gasteiger partial charge in [0.2, 0.25) is 0 Å². The number of carboxylic acids is 1. The standard InChI is InChI=1S/C13H16FNO3/c1-3-4-11(13(17)18)15-12(16)9-5-8(2)6-10(14)7-9/h5-7,11H,3-4H2,1-2H3,(H,15,16)(H,17,18)/t11-/m1/s1. The lowest BCUT2D eigenvalue weighted by atomic mass is 10.1. The second-order valence-electron chi connectivity index (χ2n) is 4.17. The summed E-state index contributed by atoms with van der Waals surface area (Å²) in [5, 5.41) is 11.3. The van der Waals surface area contributed by atoms with Gasteiger partial charge in [-0.05, 0) is 37.1 Å². The van der Waals surface area contributed by atoms with E-state index in [1.807, 2.05) is 6.92 Å². The summed E-state index contributed by atoms with van der Waals surface area (Å²) in [5.41, 5.74) is 0.748. The molecule has 4 nitrogen and oxygen atoms in total. The molecule has 0 saturated heterocycles. The Morgan fingerprint density at radius 1 is 1.39 bits per heavy atom. The largest absolute Gasteiger partial charge is 0.480 e. The van der Waals surface area contributed by atoms with Crippen LogP contribution in [0.2, 0.25) is 0 Å². The number of aliphatic carboxylic acids is 1. The third-order valence-electron chi connectivity index (χ3n) is 2.49. The maximum Gasteiger partial charge on any atom is 0.326 e. The summed E-state index contributed by atoms with van der Waals surface area (Å²) in [6.45, 7) is 3.50. The van der Waals surface area contributed by atoms with Crippen molar-refractivity contribution in [2.24, 2.45) is 0 Å². The van der Waals surface area contributed by atoms with E-state index in [0.717, 1.165) is 6.07 Å².